The zero-order valence-electron chi connectivity index (χ0n) is 13.1. The van der Waals surface area contributed by atoms with Crippen LogP contribution in [0.2, 0.25) is 0 Å². The molecule has 0 atom stereocenters. The van der Waals surface area contributed by atoms with Crippen LogP contribution in [0.4, 0.5) is 0 Å². The fraction of sp³-hybridized carbons (Fsp3) is 0.667. The average Bonchev–Trinajstić information content (AvgIpc) is 2.85. The van der Waals surface area contributed by atoms with E-state index in [1.165, 1.54) is 0 Å². The molecule has 1 fully saturated rings. The minimum atomic E-state index is -3.18. The van der Waals surface area contributed by atoms with Gasteiger partial charge in [0.2, 0.25) is 15.9 Å². The van der Waals surface area contributed by atoms with Gasteiger partial charge in [-0.15, -0.1) is 0 Å². The molecule has 0 radical (unpaired) electrons. The van der Waals surface area contributed by atoms with E-state index in [4.69, 9.17) is 0 Å². The molecule has 1 aliphatic heterocycles. The lowest BCUT2D eigenvalue weighted by atomic mass is 10.2. The molecule has 0 saturated carbocycles. The van der Waals surface area contributed by atoms with Gasteiger partial charge < -0.3 is 9.88 Å². The Morgan fingerprint density at radius 2 is 2.09 bits per heavy atom. The molecule has 6 nitrogen and oxygen atoms in total. The summed E-state index contributed by atoms with van der Waals surface area (Å²) in [5, 5.41) is 0. The first-order chi connectivity index (χ1) is 10.5. The normalized spacial score (nSPS) is 17.4. The minimum absolute atomic E-state index is 0.0512. The number of hydrogen-bond acceptors (Lipinski definition) is 3. The molecule has 1 aromatic rings. The lowest BCUT2D eigenvalue weighted by Crippen LogP contribution is -2.38. The molecular formula is C15H25N3O3S. The smallest absolute Gasteiger partial charge is 0.228 e. The van der Waals surface area contributed by atoms with Gasteiger partial charge in [-0.05, 0) is 25.0 Å². The molecule has 2 rings (SSSR count). The maximum atomic E-state index is 12.3. The number of hydrogen-bond donors (Lipinski definition) is 1. The second-order valence-corrected chi connectivity index (χ2v) is 7.76. The number of aromatic nitrogens is 1. The maximum absolute atomic E-state index is 12.3. The van der Waals surface area contributed by atoms with E-state index in [1.807, 2.05) is 19.1 Å². The van der Waals surface area contributed by atoms with Crippen LogP contribution in [0.1, 0.15) is 31.9 Å². The molecule has 7 heteroatoms. The Labute approximate surface area is 132 Å². The fourth-order valence-corrected chi connectivity index (χ4v) is 4.31. The lowest BCUT2D eigenvalue weighted by Gasteiger charge is -2.21. The Balaban J connectivity index is 1.90. The van der Waals surface area contributed by atoms with E-state index in [0.717, 1.165) is 12.1 Å². The molecular weight excluding hydrogens is 302 g/mol. The Morgan fingerprint density at radius 1 is 1.27 bits per heavy atom. The van der Waals surface area contributed by atoms with Gasteiger partial charge in [0.15, 0.2) is 0 Å². The van der Waals surface area contributed by atoms with Gasteiger partial charge >= 0.3 is 0 Å². The number of carbonyl (C=O) groups is 1. The van der Waals surface area contributed by atoms with E-state index >= 15 is 0 Å². The van der Waals surface area contributed by atoms with Crippen LogP contribution in [-0.2, 0) is 21.2 Å². The topological polar surface area (TPSA) is 73.5 Å². The molecule has 1 saturated heterocycles. The van der Waals surface area contributed by atoms with Gasteiger partial charge in [-0.1, -0.05) is 13.3 Å². The predicted octanol–water partition coefficient (Wildman–Crippen LogP) is 1.22. The summed E-state index contributed by atoms with van der Waals surface area (Å²) in [6, 6.07) is 3.75. The highest BCUT2D eigenvalue weighted by molar-refractivity contribution is 7.89. The van der Waals surface area contributed by atoms with Crippen LogP contribution < -0.4 is 0 Å². The molecule has 2 heterocycles. The summed E-state index contributed by atoms with van der Waals surface area (Å²) in [5.41, 5.74) is 0.890. The summed E-state index contributed by atoms with van der Waals surface area (Å²) in [7, 11) is -3.18. The minimum Gasteiger partial charge on any atom is -0.365 e. The van der Waals surface area contributed by atoms with Crippen molar-refractivity contribution in [2.75, 3.05) is 31.9 Å². The van der Waals surface area contributed by atoms with E-state index in [0.29, 0.717) is 45.4 Å². The SMILES string of the molecule is CCCCS(=O)(=O)N1CCCN(C(=O)Cc2ccc[nH]2)CC1. The Bertz CT molecular complexity index is 569. The van der Waals surface area contributed by atoms with Crippen LogP contribution >= 0.6 is 0 Å². The molecule has 1 aliphatic rings. The molecule has 124 valence electrons. The van der Waals surface area contributed by atoms with Crippen molar-refractivity contribution in [3.05, 3.63) is 24.0 Å². The molecule has 0 spiro atoms. The number of nitrogens with one attached hydrogen (secondary N) is 1. The summed E-state index contributed by atoms with van der Waals surface area (Å²) in [6.07, 6.45) is 4.40. The average molecular weight is 327 g/mol. The van der Waals surface area contributed by atoms with Crippen molar-refractivity contribution in [1.29, 1.82) is 0 Å². The first kappa shape index (κ1) is 17.0. The highest BCUT2D eigenvalue weighted by atomic mass is 32.2. The summed E-state index contributed by atoms with van der Waals surface area (Å²) in [4.78, 5) is 17.1. The monoisotopic (exact) mass is 327 g/mol. The van der Waals surface area contributed by atoms with E-state index in [2.05, 4.69) is 4.98 Å². The van der Waals surface area contributed by atoms with Crippen molar-refractivity contribution in [3.63, 3.8) is 0 Å². The summed E-state index contributed by atoms with van der Waals surface area (Å²) in [5.74, 6) is 0.259. The number of rotatable bonds is 6. The van der Waals surface area contributed by atoms with Crippen LogP contribution in [0.15, 0.2) is 18.3 Å². The maximum Gasteiger partial charge on any atom is 0.228 e. The summed E-state index contributed by atoms with van der Waals surface area (Å²) in [6.45, 7) is 4.00. The van der Waals surface area contributed by atoms with Gasteiger partial charge in [0.25, 0.3) is 0 Å². The number of sulfonamides is 1. The molecule has 22 heavy (non-hydrogen) atoms. The zero-order valence-corrected chi connectivity index (χ0v) is 13.9. The second-order valence-electron chi connectivity index (χ2n) is 5.68. The largest absolute Gasteiger partial charge is 0.365 e. The third kappa shape index (κ3) is 4.58. The van der Waals surface area contributed by atoms with E-state index in [9.17, 15) is 13.2 Å². The van der Waals surface area contributed by atoms with Gasteiger partial charge in [-0.3, -0.25) is 4.79 Å². The highest BCUT2D eigenvalue weighted by Gasteiger charge is 2.26. The van der Waals surface area contributed by atoms with Crippen LogP contribution in [0, 0.1) is 0 Å². The number of carbonyl (C=O) groups excluding carboxylic acids is 1. The Hall–Kier alpha value is -1.34. The number of amides is 1. The van der Waals surface area contributed by atoms with Crippen LogP contribution in [0.5, 0.6) is 0 Å². The van der Waals surface area contributed by atoms with Crippen molar-refractivity contribution in [1.82, 2.24) is 14.2 Å². The highest BCUT2D eigenvalue weighted by Crippen LogP contribution is 2.11. The van der Waals surface area contributed by atoms with Crippen molar-refractivity contribution >= 4 is 15.9 Å². The second kappa shape index (κ2) is 7.78. The van der Waals surface area contributed by atoms with Gasteiger partial charge in [-0.25, -0.2) is 12.7 Å². The van der Waals surface area contributed by atoms with E-state index in [-0.39, 0.29) is 11.7 Å². The summed E-state index contributed by atoms with van der Waals surface area (Å²) >= 11 is 0. The molecule has 0 bridgehead atoms. The van der Waals surface area contributed by atoms with Crippen molar-refractivity contribution in [3.8, 4) is 0 Å². The number of nitrogens with zero attached hydrogens (tertiary/aromatic N) is 2. The number of H-pyrrole nitrogens is 1. The Kier molecular flexibility index (Phi) is 6.02. The van der Waals surface area contributed by atoms with Gasteiger partial charge in [0, 0.05) is 38.1 Å². The molecule has 1 N–H and O–H groups in total. The van der Waals surface area contributed by atoms with Crippen LogP contribution in [-0.4, -0.2) is 60.4 Å². The summed E-state index contributed by atoms with van der Waals surface area (Å²) < 4.78 is 26.0. The molecule has 0 aliphatic carbocycles. The fourth-order valence-electron chi connectivity index (χ4n) is 2.63. The number of aromatic amines is 1. The first-order valence-electron chi connectivity index (χ1n) is 7.91. The molecule has 1 aromatic heterocycles. The van der Waals surface area contributed by atoms with Crippen molar-refractivity contribution < 1.29 is 13.2 Å². The third-order valence-corrected chi connectivity index (χ3v) is 5.92. The third-order valence-electron chi connectivity index (χ3n) is 3.96. The van der Waals surface area contributed by atoms with Gasteiger partial charge in [-0.2, -0.15) is 0 Å². The van der Waals surface area contributed by atoms with Gasteiger partial charge in [0.1, 0.15) is 0 Å². The molecule has 0 aromatic carbocycles. The van der Waals surface area contributed by atoms with E-state index in [1.54, 1.807) is 15.4 Å². The van der Waals surface area contributed by atoms with Crippen molar-refractivity contribution in [2.45, 2.75) is 32.6 Å². The molecule has 1 amide bonds. The Morgan fingerprint density at radius 3 is 2.77 bits per heavy atom. The first-order valence-corrected chi connectivity index (χ1v) is 9.51. The lowest BCUT2D eigenvalue weighted by molar-refractivity contribution is -0.130. The quantitative estimate of drug-likeness (QED) is 0.854. The van der Waals surface area contributed by atoms with Gasteiger partial charge in [0.05, 0.1) is 12.2 Å². The predicted molar refractivity (Wildman–Crippen MR) is 86.0 cm³/mol. The van der Waals surface area contributed by atoms with Crippen molar-refractivity contribution in [2.24, 2.45) is 0 Å². The van der Waals surface area contributed by atoms with Crippen LogP contribution in [0.3, 0.4) is 0 Å². The number of unbranched alkanes of at least 4 members (excludes halogenated alkanes) is 1. The standard InChI is InChI=1S/C15H25N3O3S/c1-2-3-12-22(20,21)18-9-5-8-17(10-11-18)15(19)13-14-6-4-7-16-14/h4,6-7,16H,2-3,5,8-13H2,1H3. The zero-order chi connectivity index (χ0) is 16.0. The van der Waals surface area contributed by atoms with Crippen LogP contribution in [0.25, 0.3) is 0 Å². The molecule has 0 unspecified atom stereocenters. The van der Waals surface area contributed by atoms with E-state index < -0.39 is 10.0 Å².